The van der Waals surface area contributed by atoms with Crippen LogP contribution < -0.4 is 0 Å². The average molecular weight is 322 g/mol. The highest BCUT2D eigenvalue weighted by atomic mass is 35.5. The molecule has 0 spiro atoms. The fraction of sp³-hybridized carbons (Fsp3) is 0.692. The van der Waals surface area contributed by atoms with E-state index < -0.39 is 10.0 Å². The van der Waals surface area contributed by atoms with Crippen LogP contribution in [0.15, 0.2) is 16.3 Å². The lowest BCUT2D eigenvalue weighted by Crippen LogP contribution is -2.39. The Kier molecular flexibility index (Phi) is 4.93. The number of thiophene rings is 1. The van der Waals surface area contributed by atoms with Crippen LogP contribution in [-0.4, -0.2) is 25.8 Å². The molecular formula is C13H20ClNO2S2. The van der Waals surface area contributed by atoms with Gasteiger partial charge in [-0.3, -0.25) is 0 Å². The molecule has 1 aliphatic rings. The lowest BCUT2D eigenvalue weighted by Gasteiger charge is -2.33. The van der Waals surface area contributed by atoms with Crippen molar-refractivity contribution in [1.82, 2.24) is 4.31 Å². The van der Waals surface area contributed by atoms with Crippen molar-refractivity contribution >= 4 is 33.0 Å². The van der Waals surface area contributed by atoms with Crippen molar-refractivity contribution in [1.29, 1.82) is 0 Å². The van der Waals surface area contributed by atoms with Crippen molar-refractivity contribution in [3.8, 4) is 0 Å². The molecule has 1 saturated carbocycles. The summed E-state index contributed by atoms with van der Waals surface area (Å²) >= 11 is 7.01. The summed E-state index contributed by atoms with van der Waals surface area (Å²) in [6, 6.07) is 3.60. The van der Waals surface area contributed by atoms with Crippen LogP contribution in [0.5, 0.6) is 0 Å². The molecule has 0 amide bonds. The van der Waals surface area contributed by atoms with Gasteiger partial charge in [0.05, 0.1) is 5.88 Å². The smallest absolute Gasteiger partial charge is 0.206 e. The summed E-state index contributed by atoms with van der Waals surface area (Å²) in [7, 11) is -1.65. The van der Waals surface area contributed by atoms with Gasteiger partial charge < -0.3 is 0 Å². The quantitative estimate of drug-likeness (QED) is 0.793. The Labute approximate surface area is 124 Å². The van der Waals surface area contributed by atoms with Gasteiger partial charge in [0, 0.05) is 18.0 Å². The predicted octanol–water partition coefficient (Wildman–Crippen LogP) is 3.69. The first-order chi connectivity index (χ1) is 8.95. The van der Waals surface area contributed by atoms with Crippen LogP contribution in [0.2, 0.25) is 0 Å². The molecule has 0 N–H and O–H groups in total. The van der Waals surface area contributed by atoms with Crippen LogP contribution in [-0.2, 0) is 15.9 Å². The number of alkyl halides is 1. The second kappa shape index (κ2) is 6.12. The molecule has 0 aliphatic heterocycles. The van der Waals surface area contributed by atoms with E-state index in [1.165, 1.54) is 17.8 Å². The van der Waals surface area contributed by atoms with Crippen LogP contribution >= 0.6 is 22.9 Å². The highest BCUT2D eigenvalue weighted by Gasteiger charge is 2.31. The maximum Gasteiger partial charge on any atom is 0.252 e. The molecule has 0 saturated heterocycles. The van der Waals surface area contributed by atoms with E-state index in [0.29, 0.717) is 16.0 Å². The van der Waals surface area contributed by atoms with Gasteiger partial charge in [-0.25, -0.2) is 8.42 Å². The van der Waals surface area contributed by atoms with Gasteiger partial charge in [0.15, 0.2) is 0 Å². The topological polar surface area (TPSA) is 37.4 Å². The highest BCUT2D eigenvalue weighted by Crippen LogP contribution is 2.32. The average Bonchev–Trinajstić information content (AvgIpc) is 2.87. The van der Waals surface area contributed by atoms with Crippen molar-refractivity contribution < 1.29 is 8.42 Å². The SMILES string of the molecule is CC1CCCC(N(C)S(=O)(=O)c2ccc(CCl)s2)C1. The highest BCUT2D eigenvalue weighted by molar-refractivity contribution is 7.91. The van der Waals surface area contributed by atoms with Gasteiger partial charge in [0.1, 0.15) is 4.21 Å². The first kappa shape index (κ1) is 15.3. The molecule has 1 aromatic heterocycles. The Hall–Kier alpha value is -0.100. The molecule has 1 fully saturated rings. The van der Waals surface area contributed by atoms with E-state index in [1.54, 1.807) is 23.5 Å². The van der Waals surface area contributed by atoms with Crippen LogP contribution in [0, 0.1) is 5.92 Å². The molecule has 19 heavy (non-hydrogen) atoms. The molecule has 3 nitrogen and oxygen atoms in total. The maximum atomic E-state index is 12.6. The fourth-order valence-corrected chi connectivity index (χ4v) is 5.68. The Morgan fingerprint density at radius 1 is 1.42 bits per heavy atom. The fourth-order valence-electron chi connectivity index (χ4n) is 2.64. The Morgan fingerprint density at radius 3 is 2.74 bits per heavy atom. The molecule has 2 unspecified atom stereocenters. The van der Waals surface area contributed by atoms with Gasteiger partial charge in [-0.15, -0.1) is 22.9 Å². The lowest BCUT2D eigenvalue weighted by atomic mass is 9.87. The van der Waals surface area contributed by atoms with Gasteiger partial charge in [0.2, 0.25) is 0 Å². The van der Waals surface area contributed by atoms with E-state index in [1.807, 2.05) is 0 Å². The monoisotopic (exact) mass is 321 g/mol. The minimum absolute atomic E-state index is 0.135. The maximum absolute atomic E-state index is 12.6. The zero-order chi connectivity index (χ0) is 14.0. The van der Waals surface area contributed by atoms with Crippen LogP contribution in [0.4, 0.5) is 0 Å². The van der Waals surface area contributed by atoms with Gasteiger partial charge in [-0.2, -0.15) is 4.31 Å². The van der Waals surface area contributed by atoms with Gasteiger partial charge in [0.25, 0.3) is 10.0 Å². The van der Waals surface area contributed by atoms with Gasteiger partial charge in [-0.1, -0.05) is 19.8 Å². The third-order valence-corrected chi connectivity index (χ3v) is 7.73. The molecule has 1 aliphatic carbocycles. The van der Waals surface area contributed by atoms with Crippen molar-refractivity contribution in [2.45, 2.75) is 48.7 Å². The number of sulfonamides is 1. The summed E-state index contributed by atoms with van der Waals surface area (Å²) in [5.41, 5.74) is 0. The first-order valence-corrected chi connectivity index (χ1v) is 9.37. The summed E-state index contributed by atoms with van der Waals surface area (Å²) in [6.45, 7) is 2.20. The van der Waals surface area contributed by atoms with Crippen molar-refractivity contribution in [2.75, 3.05) is 7.05 Å². The summed E-state index contributed by atoms with van der Waals surface area (Å²) in [5, 5.41) is 0. The summed E-state index contributed by atoms with van der Waals surface area (Å²) in [4.78, 5) is 0.894. The molecule has 1 heterocycles. The standard InChI is InChI=1S/C13H20ClNO2S2/c1-10-4-3-5-11(8-10)15(2)19(16,17)13-7-6-12(9-14)18-13/h6-7,10-11H,3-5,8-9H2,1-2H3. The molecule has 108 valence electrons. The number of rotatable bonds is 4. The molecule has 0 bridgehead atoms. The zero-order valence-corrected chi connectivity index (χ0v) is 13.7. The summed E-state index contributed by atoms with van der Waals surface area (Å²) in [5.74, 6) is 0.975. The van der Waals surface area contributed by atoms with E-state index in [4.69, 9.17) is 11.6 Å². The van der Waals surface area contributed by atoms with Crippen LogP contribution in [0.1, 0.15) is 37.5 Å². The lowest BCUT2D eigenvalue weighted by molar-refractivity contribution is 0.239. The van der Waals surface area contributed by atoms with Gasteiger partial charge in [-0.05, 0) is 30.9 Å². The number of hydrogen-bond acceptors (Lipinski definition) is 3. The molecule has 0 radical (unpaired) electrons. The zero-order valence-electron chi connectivity index (χ0n) is 11.3. The second-order valence-electron chi connectivity index (χ2n) is 5.30. The third-order valence-electron chi connectivity index (χ3n) is 3.83. The van der Waals surface area contributed by atoms with E-state index in [0.717, 1.165) is 24.1 Å². The Morgan fingerprint density at radius 2 is 2.16 bits per heavy atom. The number of nitrogens with zero attached hydrogens (tertiary/aromatic N) is 1. The molecular weight excluding hydrogens is 302 g/mol. The molecule has 2 rings (SSSR count). The number of halogens is 1. The largest absolute Gasteiger partial charge is 0.252 e. The minimum atomic E-state index is -3.36. The van der Waals surface area contributed by atoms with Gasteiger partial charge >= 0.3 is 0 Å². The van der Waals surface area contributed by atoms with Crippen molar-refractivity contribution in [2.24, 2.45) is 5.92 Å². The Balaban J connectivity index is 2.18. The van der Waals surface area contributed by atoms with Crippen molar-refractivity contribution in [3.63, 3.8) is 0 Å². The van der Waals surface area contributed by atoms with Crippen LogP contribution in [0.25, 0.3) is 0 Å². The minimum Gasteiger partial charge on any atom is -0.206 e. The summed E-state index contributed by atoms with van der Waals surface area (Å²) in [6.07, 6.45) is 4.25. The molecule has 0 aromatic carbocycles. The predicted molar refractivity (Wildman–Crippen MR) is 80.2 cm³/mol. The first-order valence-electron chi connectivity index (χ1n) is 6.58. The summed E-state index contributed by atoms with van der Waals surface area (Å²) < 4.78 is 27.1. The van der Waals surface area contributed by atoms with Crippen LogP contribution in [0.3, 0.4) is 0 Å². The molecule has 6 heteroatoms. The normalized spacial score (nSPS) is 24.8. The number of hydrogen-bond donors (Lipinski definition) is 0. The molecule has 1 aromatic rings. The van der Waals surface area contributed by atoms with E-state index in [9.17, 15) is 8.42 Å². The molecule has 2 atom stereocenters. The third kappa shape index (κ3) is 3.32. The van der Waals surface area contributed by atoms with E-state index >= 15 is 0 Å². The Bertz CT molecular complexity index is 527. The van der Waals surface area contributed by atoms with E-state index in [2.05, 4.69) is 6.92 Å². The van der Waals surface area contributed by atoms with E-state index in [-0.39, 0.29) is 6.04 Å². The second-order valence-corrected chi connectivity index (χ2v) is 8.96. The van der Waals surface area contributed by atoms with Crippen molar-refractivity contribution in [3.05, 3.63) is 17.0 Å².